The van der Waals surface area contributed by atoms with Crippen molar-refractivity contribution < 1.29 is 0 Å². The Hall–Kier alpha value is -2.61. The lowest BCUT2D eigenvalue weighted by molar-refractivity contribution is 1.12. The Balaban J connectivity index is 1.93. The van der Waals surface area contributed by atoms with Crippen LogP contribution in [0, 0.1) is 0 Å². The van der Waals surface area contributed by atoms with Crippen LogP contribution in [0.1, 0.15) is 29.2 Å². The van der Waals surface area contributed by atoms with Crippen molar-refractivity contribution in [3.63, 3.8) is 0 Å². The zero-order chi connectivity index (χ0) is 14.9. The number of aliphatic imine (C=N–C) groups is 1. The highest BCUT2D eigenvalue weighted by molar-refractivity contribution is 5.86. The molecule has 0 spiro atoms. The summed E-state index contributed by atoms with van der Waals surface area (Å²) in [4.78, 5) is 4.31. The lowest BCUT2D eigenvalue weighted by Crippen LogP contribution is -2.06. The predicted octanol–water partition coefficient (Wildman–Crippen LogP) is 4.31. The van der Waals surface area contributed by atoms with Gasteiger partial charge in [0, 0.05) is 18.0 Å². The summed E-state index contributed by atoms with van der Waals surface area (Å²) in [5.74, 6) is 0. The predicted molar refractivity (Wildman–Crippen MR) is 92.8 cm³/mol. The Kier molecular flexibility index (Phi) is 3.15. The molecular formula is C20H18N2. The van der Waals surface area contributed by atoms with Crippen LogP contribution in [0.3, 0.4) is 0 Å². The maximum absolute atomic E-state index is 4.31. The minimum atomic E-state index is 1.00. The number of rotatable bonds is 2. The number of hydrogen-bond acceptors (Lipinski definition) is 2. The van der Waals surface area contributed by atoms with Crippen molar-refractivity contribution in [1.82, 2.24) is 5.32 Å². The second-order valence-corrected chi connectivity index (χ2v) is 5.66. The van der Waals surface area contributed by atoms with Gasteiger partial charge in [0.05, 0.1) is 11.9 Å². The van der Waals surface area contributed by atoms with Gasteiger partial charge in [-0.2, -0.15) is 0 Å². The summed E-state index contributed by atoms with van der Waals surface area (Å²) >= 11 is 0. The number of hydrogen-bond donors (Lipinski definition) is 1. The van der Waals surface area contributed by atoms with Gasteiger partial charge in [0.2, 0.25) is 0 Å². The highest BCUT2D eigenvalue weighted by Gasteiger charge is 2.24. The van der Waals surface area contributed by atoms with Crippen LogP contribution in [0.5, 0.6) is 0 Å². The van der Waals surface area contributed by atoms with E-state index < -0.39 is 0 Å². The molecule has 0 fully saturated rings. The average Bonchev–Trinajstić information content (AvgIpc) is 2.75. The van der Waals surface area contributed by atoms with E-state index in [0.29, 0.717) is 0 Å². The molecule has 0 bridgehead atoms. The van der Waals surface area contributed by atoms with Crippen LogP contribution in [0.2, 0.25) is 0 Å². The van der Waals surface area contributed by atoms with Gasteiger partial charge >= 0.3 is 0 Å². The largest absolute Gasteiger partial charge is 0.360 e. The molecule has 1 aliphatic heterocycles. The fourth-order valence-corrected chi connectivity index (χ4v) is 3.40. The fraction of sp³-hybridized carbons (Fsp3) is 0.150. The topological polar surface area (TPSA) is 24.4 Å². The standard InChI is InChI=1S/C20H18N2/c1-2-14-8-9-17(19-13-21-10-5-11-22-19)18-12-15-6-3-4-7-16(15)20(14)18/h3-11,13,22H,2,12H2,1H3. The Morgan fingerprint density at radius 1 is 1.09 bits per heavy atom. The van der Waals surface area contributed by atoms with Crippen LogP contribution >= 0.6 is 0 Å². The second kappa shape index (κ2) is 5.30. The Labute approximate surface area is 130 Å². The van der Waals surface area contributed by atoms with E-state index in [1.807, 2.05) is 18.5 Å². The smallest absolute Gasteiger partial charge is 0.0642 e. The van der Waals surface area contributed by atoms with E-state index in [2.05, 4.69) is 53.6 Å². The van der Waals surface area contributed by atoms with E-state index in [1.54, 1.807) is 6.21 Å². The minimum absolute atomic E-state index is 1.00. The summed E-state index contributed by atoms with van der Waals surface area (Å²) in [7, 11) is 0. The molecule has 1 aliphatic carbocycles. The van der Waals surface area contributed by atoms with Crippen molar-refractivity contribution in [2.75, 3.05) is 0 Å². The molecule has 2 nitrogen and oxygen atoms in total. The lowest BCUT2D eigenvalue weighted by Gasteiger charge is -2.15. The summed E-state index contributed by atoms with van der Waals surface area (Å²) in [6.07, 6.45) is 9.62. The van der Waals surface area contributed by atoms with Gasteiger partial charge in [-0.25, -0.2) is 0 Å². The van der Waals surface area contributed by atoms with Crippen LogP contribution in [0.15, 0.2) is 59.9 Å². The van der Waals surface area contributed by atoms with E-state index >= 15 is 0 Å². The molecule has 0 radical (unpaired) electrons. The van der Waals surface area contributed by atoms with Crippen molar-refractivity contribution >= 4 is 11.9 Å². The molecule has 1 heterocycles. The summed E-state index contributed by atoms with van der Waals surface area (Å²) in [6, 6.07) is 13.2. The van der Waals surface area contributed by atoms with Crippen LogP contribution in [-0.2, 0) is 12.8 Å². The quantitative estimate of drug-likeness (QED) is 0.746. The van der Waals surface area contributed by atoms with Gasteiger partial charge in [0.1, 0.15) is 0 Å². The van der Waals surface area contributed by atoms with Gasteiger partial charge in [0.15, 0.2) is 0 Å². The first-order valence-corrected chi connectivity index (χ1v) is 7.77. The first kappa shape index (κ1) is 13.1. The molecule has 0 atom stereocenters. The summed E-state index contributed by atoms with van der Waals surface area (Å²) in [5.41, 5.74) is 9.42. The molecule has 0 amide bonds. The van der Waals surface area contributed by atoms with Crippen molar-refractivity contribution in [1.29, 1.82) is 0 Å². The second-order valence-electron chi connectivity index (χ2n) is 5.66. The third kappa shape index (κ3) is 2.00. The molecule has 2 aromatic rings. The normalized spacial score (nSPS) is 14.9. The molecule has 2 heteroatoms. The van der Waals surface area contributed by atoms with E-state index in [-0.39, 0.29) is 0 Å². The highest BCUT2D eigenvalue weighted by Crippen LogP contribution is 2.42. The van der Waals surface area contributed by atoms with Gasteiger partial charge in [0.25, 0.3) is 0 Å². The third-order valence-corrected chi connectivity index (χ3v) is 4.44. The van der Waals surface area contributed by atoms with Gasteiger partial charge in [-0.15, -0.1) is 0 Å². The SMILES string of the molecule is CCc1ccc(C2=CN=CC=CN2)c2c1-c1ccccc1C2. The van der Waals surface area contributed by atoms with Gasteiger partial charge in [-0.1, -0.05) is 43.3 Å². The maximum atomic E-state index is 4.31. The molecule has 4 rings (SSSR count). The van der Waals surface area contributed by atoms with Gasteiger partial charge in [-0.05, 0) is 46.7 Å². The van der Waals surface area contributed by atoms with Crippen LogP contribution < -0.4 is 5.32 Å². The first-order chi connectivity index (χ1) is 10.9. The monoisotopic (exact) mass is 286 g/mol. The molecule has 22 heavy (non-hydrogen) atoms. The molecule has 0 aromatic heterocycles. The number of aryl methyl sites for hydroxylation is 1. The average molecular weight is 286 g/mol. The fourth-order valence-electron chi connectivity index (χ4n) is 3.40. The Bertz CT molecular complexity index is 826. The number of fused-ring (bicyclic) bond motifs is 3. The number of benzene rings is 2. The van der Waals surface area contributed by atoms with Crippen molar-refractivity contribution in [3.05, 3.63) is 77.1 Å². The van der Waals surface area contributed by atoms with E-state index in [9.17, 15) is 0 Å². The molecule has 1 N–H and O–H groups in total. The van der Waals surface area contributed by atoms with Crippen molar-refractivity contribution in [3.8, 4) is 11.1 Å². The minimum Gasteiger partial charge on any atom is -0.360 e. The summed E-state index contributed by atoms with van der Waals surface area (Å²) in [5, 5.41) is 3.35. The molecule has 0 saturated carbocycles. The molecule has 2 aromatic carbocycles. The first-order valence-electron chi connectivity index (χ1n) is 7.77. The highest BCUT2D eigenvalue weighted by atomic mass is 14.9. The zero-order valence-corrected chi connectivity index (χ0v) is 12.6. The third-order valence-electron chi connectivity index (χ3n) is 4.44. The van der Waals surface area contributed by atoms with Crippen LogP contribution in [-0.4, -0.2) is 6.21 Å². The number of nitrogens with one attached hydrogen (secondary N) is 1. The molecular weight excluding hydrogens is 268 g/mol. The number of allylic oxidation sites excluding steroid dienone is 1. The molecule has 108 valence electrons. The Morgan fingerprint density at radius 3 is 2.91 bits per heavy atom. The molecule has 0 saturated heterocycles. The van der Waals surface area contributed by atoms with E-state index in [0.717, 1.165) is 18.5 Å². The van der Waals surface area contributed by atoms with Gasteiger partial charge in [-0.3, -0.25) is 4.99 Å². The maximum Gasteiger partial charge on any atom is 0.0642 e. The van der Waals surface area contributed by atoms with Crippen molar-refractivity contribution in [2.24, 2.45) is 4.99 Å². The zero-order valence-electron chi connectivity index (χ0n) is 12.6. The molecule has 2 aliphatic rings. The molecule has 0 unspecified atom stereocenters. The Morgan fingerprint density at radius 2 is 2.00 bits per heavy atom. The van der Waals surface area contributed by atoms with Crippen LogP contribution in [0.4, 0.5) is 0 Å². The van der Waals surface area contributed by atoms with E-state index in [1.165, 1.54) is 33.4 Å². The van der Waals surface area contributed by atoms with Crippen molar-refractivity contribution in [2.45, 2.75) is 19.8 Å². The summed E-state index contributed by atoms with van der Waals surface area (Å²) < 4.78 is 0. The summed E-state index contributed by atoms with van der Waals surface area (Å²) in [6.45, 7) is 2.23. The van der Waals surface area contributed by atoms with Gasteiger partial charge < -0.3 is 5.32 Å². The van der Waals surface area contributed by atoms with Crippen LogP contribution in [0.25, 0.3) is 16.8 Å². The van der Waals surface area contributed by atoms with E-state index in [4.69, 9.17) is 0 Å². The number of nitrogens with zero attached hydrogens (tertiary/aromatic N) is 1. The lowest BCUT2D eigenvalue weighted by atomic mass is 9.93.